The highest BCUT2D eigenvalue weighted by Crippen LogP contribution is 2.05. The van der Waals surface area contributed by atoms with E-state index in [2.05, 4.69) is 19.2 Å². The van der Waals surface area contributed by atoms with Gasteiger partial charge in [-0.15, -0.1) is 0 Å². The van der Waals surface area contributed by atoms with Crippen molar-refractivity contribution in [3.63, 3.8) is 0 Å². The van der Waals surface area contributed by atoms with Crippen molar-refractivity contribution in [3.05, 3.63) is 0 Å². The maximum absolute atomic E-state index is 5.44. The molecule has 0 radical (unpaired) electrons. The molecule has 1 N–H and O–H groups in total. The number of unbranched alkanes of at least 4 members (excludes halogenated alkanes) is 1. The Kier molecular flexibility index (Phi) is 11.3. The van der Waals surface area contributed by atoms with Crippen molar-refractivity contribution in [1.82, 2.24) is 5.32 Å². The molecule has 0 aliphatic heterocycles. The Morgan fingerprint density at radius 2 is 1.62 bits per heavy atom. The molecule has 0 rings (SSSR count). The van der Waals surface area contributed by atoms with Gasteiger partial charge in [0.2, 0.25) is 0 Å². The molecule has 0 bridgehead atoms. The first-order chi connectivity index (χ1) is 7.70. The van der Waals surface area contributed by atoms with E-state index >= 15 is 0 Å². The van der Waals surface area contributed by atoms with Crippen LogP contribution in [0.2, 0.25) is 0 Å². The van der Waals surface area contributed by atoms with Crippen LogP contribution in [0.4, 0.5) is 0 Å². The summed E-state index contributed by atoms with van der Waals surface area (Å²) in [5.41, 5.74) is 0. The van der Waals surface area contributed by atoms with Crippen molar-refractivity contribution in [3.8, 4) is 0 Å². The van der Waals surface area contributed by atoms with Crippen LogP contribution in [-0.2, 0) is 9.47 Å². The first-order valence-corrected chi connectivity index (χ1v) is 6.64. The van der Waals surface area contributed by atoms with Gasteiger partial charge in [0.05, 0.1) is 0 Å². The molecule has 3 nitrogen and oxygen atoms in total. The Hall–Kier alpha value is -0.120. The standard InChI is InChI=1S/C13H29NO2/c1-5-15-13(16-6-2)11-14-10-8-7-9-12(3)4/h12-14H,5-11H2,1-4H3. The van der Waals surface area contributed by atoms with Crippen molar-refractivity contribution >= 4 is 0 Å². The Morgan fingerprint density at radius 3 is 2.12 bits per heavy atom. The van der Waals surface area contributed by atoms with Crippen LogP contribution in [-0.4, -0.2) is 32.6 Å². The second-order valence-corrected chi connectivity index (χ2v) is 4.43. The zero-order chi connectivity index (χ0) is 12.2. The summed E-state index contributed by atoms with van der Waals surface area (Å²) < 4.78 is 10.9. The van der Waals surface area contributed by atoms with Gasteiger partial charge < -0.3 is 14.8 Å². The molecule has 0 atom stereocenters. The average molecular weight is 231 g/mol. The van der Waals surface area contributed by atoms with Gasteiger partial charge >= 0.3 is 0 Å². The zero-order valence-corrected chi connectivity index (χ0v) is 11.4. The zero-order valence-electron chi connectivity index (χ0n) is 11.4. The lowest BCUT2D eigenvalue weighted by atomic mass is 10.1. The number of nitrogens with one attached hydrogen (secondary N) is 1. The smallest absolute Gasteiger partial charge is 0.169 e. The number of rotatable bonds is 11. The largest absolute Gasteiger partial charge is 0.352 e. The fourth-order valence-corrected chi connectivity index (χ4v) is 1.56. The molecule has 98 valence electrons. The average Bonchev–Trinajstić information content (AvgIpc) is 2.23. The highest BCUT2D eigenvalue weighted by Gasteiger charge is 2.06. The van der Waals surface area contributed by atoms with Gasteiger partial charge in [-0.25, -0.2) is 0 Å². The minimum absolute atomic E-state index is 0.0832. The number of ether oxygens (including phenoxy) is 2. The fourth-order valence-electron chi connectivity index (χ4n) is 1.56. The summed E-state index contributed by atoms with van der Waals surface area (Å²) in [6.45, 7) is 11.8. The summed E-state index contributed by atoms with van der Waals surface area (Å²) in [5, 5.41) is 3.38. The summed E-state index contributed by atoms with van der Waals surface area (Å²) in [5.74, 6) is 0.819. The normalized spacial score (nSPS) is 11.6. The third-order valence-electron chi connectivity index (χ3n) is 2.40. The second-order valence-electron chi connectivity index (χ2n) is 4.43. The Bertz CT molecular complexity index is 134. The first-order valence-electron chi connectivity index (χ1n) is 6.64. The summed E-state index contributed by atoms with van der Waals surface area (Å²) in [6, 6.07) is 0. The SMILES string of the molecule is CCOC(CNCCCCC(C)C)OCC. The van der Waals surface area contributed by atoms with Crippen LogP contribution in [0.5, 0.6) is 0 Å². The van der Waals surface area contributed by atoms with Crippen LogP contribution < -0.4 is 5.32 Å². The van der Waals surface area contributed by atoms with E-state index in [1.807, 2.05) is 13.8 Å². The van der Waals surface area contributed by atoms with E-state index in [9.17, 15) is 0 Å². The van der Waals surface area contributed by atoms with Crippen LogP contribution >= 0.6 is 0 Å². The predicted molar refractivity (Wildman–Crippen MR) is 68.6 cm³/mol. The lowest BCUT2D eigenvalue weighted by Crippen LogP contribution is -2.32. The highest BCUT2D eigenvalue weighted by atomic mass is 16.7. The topological polar surface area (TPSA) is 30.5 Å². The van der Waals surface area contributed by atoms with E-state index in [0.717, 1.165) is 19.0 Å². The molecular formula is C13H29NO2. The molecule has 0 saturated heterocycles. The van der Waals surface area contributed by atoms with Gasteiger partial charge in [0.15, 0.2) is 6.29 Å². The highest BCUT2D eigenvalue weighted by molar-refractivity contribution is 4.53. The quantitative estimate of drug-likeness (QED) is 0.438. The summed E-state index contributed by atoms with van der Waals surface area (Å²) in [6.07, 6.45) is 3.78. The van der Waals surface area contributed by atoms with Crippen LogP contribution in [0, 0.1) is 5.92 Å². The lowest BCUT2D eigenvalue weighted by molar-refractivity contribution is -0.132. The molecule has 0 heterocycles. The van der Waals surface area contributed by atoms with Crippen LogP contribution in [0.25, 0.3) is 0 Å². The second kappa shape index (κ2) is 11.4. The lowest BCUT2D eigenvalue weighted by Gasteiger charge is -2.17. The monoisotopic (exact) mass is 231 g/mol. The minimum atomic E-state index is -0.0832. The molecule has 16 heavy (non-hydrogen) atoms. The van der Waals surface area contributed by atoms with E-state index in [4.69, 9.17) is 9.47 Å². The number of hydrogen-bond donors (Lipinski definition) is 1. The van der Waals surface area contributed by atoms with E-state index in [0.29, 0.717) is 13.2 Å². The predicted octanol–water partition coefficient (Wildman–Crippen LogP) is 2.80. The van der Waals surface area contributed by atoms with Crippen molar-refractivity contribution < 1.29 is 9.47 Å². The third kappa shape index (κ3) is 10.4. The molecular weight excluding hydrogens is 202 g/mol. The van der Waals surface area contributed by atoms with Gasteiger partial charge in [0.25, 0.3) is 0 Å². The van der Waals surface area contributed by atoms with Crippen molar-refractivity contribution in [2.45, 2.75) is 53.2 Å². The Balaban J connectivity index is 3.32. The molecule has 0 saturated carbocycles. The fraction of sp³-hybridized carbons (Fsp3) is 1.00. The maximum Gasteiger partial charge on any atom is 0.169 e. The molecule has 0 fully saturated rings. The van der Waals surface area contributed by atoms with Crippen molar-refractivity contribution in [2.24, 2.45) is 5.92 Å². The molecule has 0 aromatic rings. The summed E-state index contributed by atoms with van der Waals surface area (Å²) >= 11 is 0. The van der Waals surface area contributed by atoms with E-state index in [1.165, 1.54) is 19.3 Å². The molecule has 0 spiro atoms. The van der Waals surface area contributed by atoms with Crippen molar-refractivity contribution in [2.75, 3.05) is 26.3 Å². The van der Waals surface area contributed by atoms with Gasteiger partial charge in [-0.05, 0) is 32.7 Å². The molecule has 0 aliphatic rings. The van der Waals surface area contributed by atoms with Crippen LogP contribution in [0.1, 0.15) is 47.0 Å². The van der Waals surface area contributed by atoms with Gasteiger partial charge in [-0.2, -0.15) is 0 Å². The maximum atomic E-state index is 5.44. The van der Waals surface area contributed by atoms with E-state index in [-0.39, 0.29) is 6.29 Å². The Morgan fingerprint density at radius 1 is 1.00 bits per heavy atom. The van der Waals surface area contributed by atoms with Gasteiger partial charge in [0, 0.05) is 19.8 Å². The summed E-state index contributed by atoms with van der Waals surface area (Å²) in [7, 11) is 0. The Labute approximate surface area is 101 Å². The molecule has 3 heteroatoms. The summed E-state index contributed by atoms with van der Waals surface area (Å²) in [4.78, 5) is 0. The van der Waals surface area contributed by atoms with Crippen LogP contribution in [0.3, 0.4) is 0 Å². The van der Waals surface area contributed by atoms with Gasteiger partial charge in [-0.3, -0.25) is 0 Å². The molecule has 0 aromatic heterocycles. The first kappa shape index (κ1) is 15.9. The van der Waals surface area contributed by atoms with E-state index < -0.39 is 0 Å². The van der Waals surface area contributed by atoms with Crippen LogP contribution in [0.15, 0.2) is 0 Å². The molecule has 0 unspecified atom stereocenters. The van der Waals surface area contributed by atoms with Crippen molar-refractivity contribution in [1.29, 1.82) is 0 Å². The van der Waals surface area contributed by atoms with Gasteiger partial charge in [0.1, 0.15) is 0 Å². The third-order valence-corrected chi connectivity index (χ3v) is 2.40. The molecule has 0 aromatic carbocycles. The van der Waals surface area contributed by atoms with Gasteiger partial charge in [-0.1, -0.05) is 26.7 Å². The minimum Gasteiger partial charge on any atom is -0.352 e. The number of hydrogen-bond acceptors (Lipinski definition) is 3. The van der Waals surface area contributed by atoms with E-state index in [1.54, 1.807) is 0 Å². The molecule has 0 amide bonds. The molecule has 0 aliphatic carbocycles.